The van der Waals surface area contributed by atoms with Crippen LogP contribution in [0.2, 0.25) is 0 Å². The third-order valence-corrected chi connectivity index (χ3v) is 3.60. The molecule has 0 aliphatic carbocycles. The average molecular weight is 289 g/mol. The number of hydrogen-bond donors (Lipinski definition) is 0. The topological polar surface area (TPSA) is 86.0 Å². The van der Waals surface area contributed by atoms with E-state index in [0.717, 1.165) is 22.9 Å². The Hall–Kier alpha value is -2.28. The molecule has 0 fully saturated rings. The number of aromatic nitrogens is 3. The average Bonchev–Trinajstić information content (AvgIpc) is 2.87. The van der Waals surface area contributed by atoms with Gasteiger partial charge in [0.15, 0.2) is 0 Å². The summed E-state index contributed by atoms with van der Waals surface area (Å²) in [4.78, 5) is 4.41. The fraction of sp³-hybridized carbons (Fsp3) is 0.154. The van der Waals surface area contributed by atoms with Crippen molar-refractivity contribution in [3.8, 4) is 11.5 Å². The lowest BCUT2D eigenvalue weighted by Gasteiger charge is -2.03. The van der Waals surface area contributed by atoms with Crippen molar-refractivity contribution in [3.63, 3.8) is 0 Å². The summed E-state index contributed by atoms with van der Waals surface area (Å²) in [5.41, 5.74) is 2.26. The molecule has 3 rings (SSSR count). The van der Waals surface area contributed by atoms with Gasteiger partial charge in [0.05, 0.1) is 11.1 Å². The number of para-hydroxylation sites is 1. The van der Waals surface area contributed by atoms with Gasteiger partial charge < -0.3 is 4.42 Å². The van der Waals surface area contributed by atoms with Crippen molar-refractivity contribution in [1.82, 2.24) is 15.2 Å². The van der Waals surface area contributed by atoms with Crippen molar-refractivity contribution in [3.05, 3.63) is 36.0 Å². The van der Waals surface area contributed by atoms with E-state index in [2.05, 4.69) is 15.2 Å². The van der Waals surface area contributed by atoms with Crippen LogP contribution in [0.5, 0.6) is 0 Å². The summed E-state index contributed by atoms with van der Waals surface area (Å²) in [6, 6.07) is 9.30. The molecule has 20 heavy (non-hydrogen) atoms. The maximum Gasteiger partial charge on any atom is 0.335 e. The summed E-state index contributed by atoms with van der Waals surface area (Å²) in [6.07, 6.45) is 1.03. The Morgan fingerprint density at radius 2 is 1.90 bits per heavy atom. The summed E-state index contributed by atoms with van der Waals surface area (Å²) in [7, 11) is -3.51. The standard InChI is InChI=1S/C13H11N3O3S/c1-8-7-10(9-5-3-4-6-11(9)14-8)12-15-16-13(19-12)20(2,17)18/h3-7H,1-2H3. The van der Waals surface area contributed by atoms with Crippen LogP contribution in [0, 0.1) is 6.92 Å². The zero-order chi connectivity index (χ0) is 14.3. The van der Waals surface area contributed by atoms with Gasteiger partial charge in [-0.1, -0.05) is 23.3 Å². The summed E-state index contributed by atoms with van der Waals surface area (Å²) in [6.45, 7) is 1.85. The Balaban J connectivity index is 2.27. The van der Waals surface area contributed by atoms with Crippen LogP contribution in [0.15, 0.2) is 40.0 Å². The van der Waals surface area contributed by atoms with Gasteiger partial charge in [0.2, 0.25) is 15.7 Å². The minimum Gasteiger partial charge on any atom is -0.408 e. The Morgan fingerprint density at radius 1 is 1.15 bits per heavy atom. The van der Waals surface area contributed by atoms with Crippen LogP contribution in [0.4, 0.5) is 0 Å². The first-order valence-electron chi connectivity index (χ1n) is 5.85. The lowest BCUT2D eigenvalue weighted by molar-refractivity contribution is 0.442. The van der Waals surface area contributed by atoms with E-state index in [1.807, 2.05) is 31.2 Å². The van der Waals surface area contributed by atoms with Gasteiger partial charge in [-0.15, -0.1) is 5.10 Å². The smallest absolute Gasteiger partial charge is 0.335 e. The highest BCUT2D eigenvalue weighted by Gasteiger charge is 2.19. The number of fused-ring (bicyclic) bond motifs is 1. The summed E-state index contributed by atoms with van der Waals surface area (Å²) in [5.74, 6) is 0.173. The lowest BCUT2D eigenvalue weighted by atomic mass is 10.1. The van der Waals surface area contributed by atoms with Gasteiger partial charge in [0.1, 0.15) is 0 Å². The fourth-order valence-corrected chi connectivity index (χ4v) is 2.37. The number of hydrogen-bond acceptors (Lipinski definition) is 6. The van der Waals surface area contributed by atoms with Gasteiger partial charge in [-0.3, -0.25) is 4.98 Å². The molecule has 0 spiro atoms. The molecule has 0 unspecified atom stereocenters. The molecule has 0 amide bonds. The molecule has 0 saturated carbocycles. The van der Waals surface area contributed by atoms with Crippen molar-refractivity contribution in [2.75, 3.05) is 6.26 Å². The first kappa shape index (κ1) is 12.7. The predicted molar refractivity (Wildman–Crippen MR) is 72.9 cm³/mol. The van der Waals surface area contributed by atoms with E-state index in [1.165, 1.54) is 0 Å². The quantitative estimate of drug-likeness (QED) is 0.717. The summed E-state index contributed by atoms with van der Waals surface area (Å²) >= 11 is 0. The first-order valence-corrected chi connectivity index (χ1v) is 7.74. The molecule has 6 nitrogen and oxygen atoms in total. The van der Waals surface area contributed by atoms with Crippen LogP contribution in [-0.4, -0.2) is 29.9 Å². The van der Waals surface area contributed by atoms with Gasteiger partial charge in [0.25, 0.3) is 0 Å². The molecule has 0 bridgehead atoms. The van der Waals surface area contributed by atoms with Crippen LogP contribution in [-0.2, 0) is 9.84 Å². The monoisotopic (exact) mass is 289 g/mol. The molecule has 0 aliphatic heterocycles. The highest BCUT2D eigenvalue weighted by molar-refractivity contribution is 7.90. The van der Waals surface area contributed by atoms with E-state index in [-0.39, 0.29) is 11.1 Å². The third kappa shape index (κ3) is 2.16. The number of benzene rings is 1. The van der Waals surface area contributed by atoms with Crippen molar-refractivity contribution >= 4 is 20.7 Å². The number of sulfone groups is 1. The zero-order valence-electron chi connectivity index (χ0n) is 10.9. The highest BCUT2D eigenvalue weighted by atomic mass is 32.2. The van der Waals surface area contributed by atoms with Gasteiger partial charge in [-0.25, -0.2) is 8.42 Å². The molecule has 0 atom stereocenters. The Kier molecular flexibility index (Phi) is 2.79. The Bertz CT molecular complexity index is 900. The molecular formula is C13H11N3O3S. The zero-order valence-corrected chi connectivity index (χ0v) is 11.7. The fourth-order valence-electron chi connectivity index (χ4n) is 1.95. The summed E-state index contributed by atoms with van der Waals surface area (Å²) < 4.78 is 28.1. The lowest BCUT2D eigenvalue weighted by Crippen LogP contribution is -1.96. The first-order chi connectivity index (χ1) is 9.45. The number of pyridine rings is 1. The molecule has 102 valence electrons. The van der Waals surface area contributed by atoms with Gasteiger partial charge >= 0.3 is 5.22 Å². The molecule has 2 heterocycles. The van der Waals surface area contributed by atoms with E-state index in [1.54, 1.807) is 6.07 Å². The summed E-state index contributed by atoms with van der Waals surface area (Å²) in [5, 5.41) is 7.85. The maximum atomic E-state index is 11.4. The van der Waals surface area contributed by atoms with E-state index in [4.69, 9.17) is 4.42 Å². The normalized spacial score (nSPS) is 11.9. The molecule has 0 radical (unpaired) electrons. The molecule has 0 aliphatic rings. The van der Waals surface area contributed by atoms with E-state index < -0.39 is 9.84 Å². The van der Waals surface area contributed by atoms with Gasteiger partial charge in [-0.2, -0.15) is 0 Å². The maximum absolute atomic E-state index is 11.4. The Labute approximate surface area is 115 Å². The molecule has 7 heteroatoms. The van der Waals surface area contributed by atoms with Crippen molar-refractivity contribution in [2.24, 2.45) is 0 Å². The number of aryl methyl sites for hydroxylation is 1. The molecule has 2 aromatic heterocycles. The second-order valence-corrected chi connectivity index (χ2v) is 6.37. The number of rotatable bonds is 2. The van der Waals surface area contributed by atoms with Crippen LogP contribution in [0.1, 0.15) is 5.69 Å². The van der Waals surface area contributed by atoms with Crippen LogP contribution in [0.25, 0.3) is 22.4 Å². The highest BCUT2D eigenvalue weighted by Crippen LogP contribution is 2.28. The van der Waals surface area contributed by atoms with Crippen molar-refractivity contribution in [1.29, 1.82) is 0 Å². The second kappa shape index (κ2) is 4.38. The van der Waals surface area contributed by atoms with Gasteiger partial charge in [-0.05, 0) is 19.1 Å². The Morgan fingerprint density at radius 3 is 2.60 bits per heavy atom. The van der Waals surface area contributed by atoms with Crippen LogP contribution >= 0.6 is 0 Å². The molecule has 0 saturated heterocycles. The predicted octanol–water partition coefficient (Wildman–Crippen LogP) is 2.00. The van der Waals surface area contributed by atoms with Crippen molar-refractivity contribution < 1.29 is 12.8 Å². The second-order valence-electron chi connectivity index (χ2n) is 4.47. The molecule has 1 aromatic carbocycles. The molecule has 0 N–H and O–H groups in total. The van der Waals surface area contributed by atoms with Crippen LogP contribution in [0.3, 0.4) is 0 Å². The van der Waals surface area contributed by atoms with E-state index in [0.29, 0.717) is 5.56 Å². The van der Waals surface area contributed by atoms with Crippen LogP contribution < -0.4 is 0 Å². The van der Waals surface area contributed by atoms with Gasteiger partial charge in [0, 0.05) is 17.3 Å². The SMILES string of the molecule is Cc1cc(-c2nnc(S(C)(=O)=O)o2)c2ccccc2n1. The molecule has 3 aromatic rings. The third-order valence-electron chi connectivity index (χ3n) is 2.80. The van der Waals surface area contributed by atoms with E-state index in [9.17, 15) is 8.42 Å². The molecular weight excluding hydrogens is 278 g/mol. The number of nitrogens with zero attached hydrogens (tertiary/aromatic N) is 3. The van der Waals surface area contributed by atoms with Crippen molar-refractivity contribution in [2.45, 2.75) is 12.1 Å². The largest absolute Gasteiger partial charge is 0.408 e. The minimum absolute atomic E-state index is 0.173. The minimum atomic E-state index is -3.51. The van der Waals surface area contributed by atoms with E-state index >= 15 is 0 Å².